The second kappa shape index (κ2) is 14.4. The lowest BCUT2D eigenvalue weighted by Gasteiger charge is -2.24. The first kappa shape index (κ1) is 25.6. The fraction of sp³-hybridized carbons (Fsp3) is 0.480. The molecule has 1 atom stereocenters. The van der Waals surface area contributed by atoms with Gasteiger partial charge in [0.1, 0.15) is 0 Å². The van der Waals surface area contributed by atoms with E-state index in [4.69, 9.17) is 9.47 Å². The van der Waals surface area contributed by atoms with E-state index < -0.39 is 0 Å². The molecule has 0 aromatic heterocycles. The van der Waals surface area contributed by atoms with Gasteiger partial charge in [-0.1, -0.05) is 60.7 Å². The van der Waals surface area contributed by atoms with Gasteiger partial charge in [-0.05, 0) is 24.0 Å². The standard InChI is InChI=1S/C25H35N3O2.HI/c1-26-25(28-16-14-21(19-28)20-30-18-17-29-2)27-15-13-24(22-9-5-3-6-10-22)23-11-7-4-8-12-23;/h3-12,21,24H,13-20H2,1-2H3,(H,26,27);1H. The summed E-state index contributed by atoms with van der Waals surface area (Å²) in [6.45, 7) is 5.02. The molecule has 1 N–H and O–H groups in total. The molecule has 0 radical (unpaired) electrons. The van der Waals surface area contributed by atoms with E-state index in [0.29, 0.717) is 25.0 Å². The smallest absolute Gasteiger partial charge is 0.193 e. The zero-order valence-electron chi connectivity index (χ0n) is 18.7. The molecule has 2 aromatic carbocycles. The van der Waals surface area contributed by atoms with Crippen LogP contribution in [0.4, 0.5) is 0 Å². The van der Waals surface area contributed by atoms with Gasteiger partial charge in [0.15, 0.2) is 5.96 Å². The predicted octanol–water partition coefficient (Wildman–Crippen LogP) is 4.39. The minimum atomic E-state index is 0. The van der Waals surface area contributed by atoms with Gasteiger partial charge in [-0.3, -0.25) is 4.99 Å². The molecule has 0 bridgehead atoms. The van der Waals surface area contributed by atoms with Gasteiger partial charge in [0.05, 0.1) is 19.8 Å². The predicted molar refractivity (Wildman–Crippen MR) is 138 cm³/mol. The molecule has 1 unspecified atom stereocenters. The largest absolute Gasteiger partial charge is 0.382 e. The number of hydrogen-bond donors (Lipinski definition) is 1. The molecule has 170 valence electrons. The van der Waals surface area contributed by atoms with Crippen molar-refractivity contribution in [2.75, 3.05) is 53.6 Å². The third-order valence-electron chi connectivity index (χ3n) is 5.70. The van der Waals surface area contributed by atoms with Crippen LogP contribution in [0.5, 0.6) is 0 Å². The van der Waals surface area contributed by atoms with Crippen LogP contribution in [0.25, 0.3) is 0 Å². The minimum Gasteiger partial charge on any atom is -0.382 e. The van der Waals surface area contributed by atoms with E-state index in [2.05, 4.69) is 75.9 Å². The van der Waals surface area contributed by atoms with Crippen LogP contribution < -0.4 is 5.32 Å². The summed E-state index contributed by atoms with van der Waals surface area (Å²) in [6.07, 6.45) is 2.16. The Labute approximate surface area is 204 Å². The number of nitrogens with one attached hydrogen (secondary N) is 1. The Morgan fingerprint density at radius 3 is 2.29 bits per heavy atom. The number of benzene rings is 2. The highest BCUT2D eigenvalue weighted by Crippen LogP contribution is 2.27. The number of likely N-dealkylation sites (tertiary alicyclic amines) is 1. The number of rotatable bonds is 10. The van der Waals surface area contributed by atoms with Crippen LogP contribution in [0.3, 0.4) is 0 Å². The topological polar surface area (TPSA) is 46.1 Å². The van der Waals surface area contributed by atoms with Crippen LogP contribution >= 0.6 is 24.0 Å². The Morgan fingerprint density at radius 2 is 1.71 bits per heavy atom. The summed E-state index contributed by atoms with van der Waals surface area (Å²) in [4.78, 5) is 6.88. The van der Waals surface area contributed by atoms with Gasteiger partial charge >= 0.3 is 0 Å². The summed E-state index contributed by atoms with van der Waals surface area (Å²) >= 11 is 0. The monoisotopic (exact) mass is 537 g/mol. The molecule has 1 heterocycles. The van der Waals surface area contributed by atoms with Gasteiger partial charge in [-0.15, -0.1) is 24.0 Å². The molecule has 1 aliphatic heterocycles. The number of halogens is 1. The molecule has 2 aromatic rings. The van der Waals surface area contributed by atoms with Crippen molar-refractivity contribution in [2.24, 2.45) is 10.9 Å². The van der Waals surface area contributed by atoms with Gasteiger partial charge in [-0.25, -0.2) is 0 Å². The first-order chi connectivity index (χ1) is 14.8. The maximum absolute atomic E-state index is 5.72. The molecule has 5 nitrogen and oxygen atoms in total. The minimum absolute atomic E-state index is 0. The molecular formula is C25H36IN3O2. The first-order valence-electron chi connectivity index (χ1n) is 10.9. The molecule has 3 rings (SSSR count). The van der Waals surface area contributed by atoms with Crippen molar-refractivity contribution < 1.29 is 9.47 Å². The van der Waals surface area contributed by atoms with Crippen molar-refractivity contribution in [3.8, 4) is 0 Å². The molecule has 0 aliphatic carbocycles. The fourth-order valence-corrected chi connectivity index (χ4v) is 4.11. The van der Waals surface area contributed by atoms with Crippen LogP contribution in [-0.2, 0) is 9.47 Å². The van der Waals surface area contributed by atoms with E-state index in [1.54, 1.807) is 7.11 Å². The highest BCUT2D eigenvalue weighted by Gasteiger charge is 2.25. The van der Waals surface area contributed by atoms with Crippen molar-refractivity contribution in [3.63, 3.8) is 0 Å². The van der Waals surface area contributed by atoms with E-state index in [1.807, 2.05) is 7.05 Å². The number of ether oxygens (including phenoxy) is 2. The van der Waals surface area contributed by atoms with Crippen LogP contribution in [0, 0.1) is 5.92 Å². The van der Waals surface area contributed by atoms with Crippen molar-refractivity contribution in [1.29, 1.82) is 0 Å². The molecular weight excluding hydrogens is 501 g/mol. The maximum atomic E-state index is 5.72. The highest BCUT2D eigenvalue weighted by molar-refractivity contribution is 14.0. The number of hydrogen-bond acceptors (Lipinski definition) is 3. The van der Waals surface area contributed by atoms with Gasteiger partial charge in [0, 0.05) is 45.6 Å². The molecule has 0 amide bonds. The molecule has 0 spiro atoms. The van der Waals surface area contributed by atoms with Crippen LogP contribution in [0.2, 0.25) is 0 Å². The van der Waals surface area contributed by atoms with E-state index in [1.165, 1.54) is 11.1 Å². The number of aliphatic imine (C=N–C) groups is 1. The summed E-state index contributed by atoms with van der Waals surface area (Å²) < 4.78 is 10.8. The summed E-state index contributed by atoms with van der Waals surface area (Å²) in [5.41, 5.74) is 2.71. The van der Waals surface area contributed by atoms with Crippen LogP contribution in [0.1, 0.15) is 29.9 Å². The molecule has 1 aliphatic rings. The Balaban J connectivity index is 0.00000341. The summed E-state index contributed by atoms with van der Waals surface area (Å²) in [6, 6.07) is 21.5. The highest BCUT2D eigenvalue weighted by atomic mass is 127. The van der Waals surface area contributed by atoms with Gasteiger partial charge in [-0.2, -0.15) is 0 Å². The van der Waals surface area contributed by atoms with Crippen LogP contribution in [-0.4, -0.2) is 64.5 Å². The van der Waals surface area contributed by atoms with Crippen molar-refractivity contribution in [3.05, 3.63) is 71.8 Å². The van der Waals surface area contributed by atoms with Gasteiger partial charge < -0.3 is 19.7 Å². The maximum Gasteiger partial charge on any atom is 0.193 e. The molecule has 6 heteroatoms. The molecule has 0 saturated carbocycles. The quantitative estimate of drug-likeness (QED) is 0.212. The normalized spacial score (nSPS) is 16.4. The molecule has 1 fully saturated rings. The second-order valence-corrected chi connectivity index (χ2v) is 7.81. The first-order valence-corrected chi connectivity index (χ1v) is 10.9. The van der Waals surface area contributed by atoms with E-state index in [0.717, 1.165) is 45.0 Å². The fourth-order valence-electron chi connectivity index (χ4n) is 4.11. The van der Waals surface area contributed by atoms with E-state index in [9.17, 15) is 0 Å². The zero-order valence-corrected chi connectivity index (χ0v) is 21.0. The van der Waals surface area contributed by atoms with Gasteiger partial charge in [0.25, 0.3) is 0 Å². The molecule has 1 saturated heterocycles. The average molecular weight is 537 g/mol. The lowest BCUT2D eigenvalue weighted by molar-refractivity contribution is 0.0536. The van der Waals surface area contributed by atoms with Gasteiger partial charge in [0.2, 0.25) is 0 Å². The zero-order chi connectivity index (χ0) is 21.0. The average Bonchev–Trinajstić information content (AvgIpc) is 3.27. The SMILES string of the molecule is CN=C(NCCC(c1ccccc1)c1ccccc1)N1CCC(COCCOC)C1.I. The Bertz CT molecular complexity index is 718. The van der Waals surface area contributed by atoms with E-state index in [-0.39, 0.29) is 24.0 Å². The summed E-state index contributed by atoms with van der Waals surface area (Å²) in [5, 5.41) is 3.59. The third kappa shape index (κ3) is 8.09. The Kier molecular flexibility index (Phi) is 11.9. The Morgan fingerprint density at radius 1 is 1.06 bits per heavy atom. The van der Waals surface area contributed by atoms with Crippen molar-refractivity contribution in [2.45, 2.75) is 18.8 Å². The molecule has 31 heavy (non-hydrogen) atoms. The summed E-state index contributed by atoms with van der Waals surface area (Å²) in [7, 11) is 3.58. The second-order valence-electron chi connectivity index (χ2n) is 7.81. The Hall–Kier alpha value is -1.64. The number of methoxy groups -OCH3 is 1. The number of nitrogens with zero attached hydrogens (tertiary/aromatic N) is 2. The lowest BCUT2D eigenvalue weighted by atomic mass is 9.88. The number of guanidine groups is 1. The van der Waals surface area contributed by atoms with E-state index >= 15 is 0 Å². The van der Waals surface area contributed by atoms with Crippen molar-refractivity contribution in [1.82, 2.24) is 10.2 Å². The lowest BCUT2D eigenvalue weighted by Crippen LogP contribution is -2.41. The third-order valence-corrected chi connectivity index (χ3v) is 5.70. The summed E-state index contributed by atoms with van der Waals surface area (Å²) in [5.74, 6) is 1.93. The van der Waals surface area contributed by atoms with Crippen molar-refractivity contribution >= 4 is 29.9 Å². The van der Waals surface area contributed by atoms with Crippen LogP contribution in [0.15, 0.2) is 65.7 Å².